The maximum absolute atomic E-state index is 10.6. The highest BCUT2D eigenvalue weighted by Gasteiger charge is 2.36. The summed E-state index contributed by atoms with van der Waals surface area (Å²) >= 11 is 0. The average Bonchev–Trinajstić information content (AvgIpc) is 2.88. The van der Waals surface area contributed by atoms with Crippen LogP contribution < -0.4 is 0 Å². The molecule has 236 valence electrons. The van der Waals surface area contributed by atoms with Crippen LogP contribution in [0.2, 0.25) is 0 Å². The fraction of sp³-hybridized carbons (Fsp3) is 0.684. The van der Waals surface area contributed by atoms with Crippen LogP contribution in [0.5, 0.6) is 23.0 Å². The van der Waals surface area contributed by atoms with Gasteiger partial charge in [-0.1, -0.05) is 74.1 Å². The molecule has 0 bridgehead atoms. The van der Waals surface area contributed by atoms with Crippen molar-refractivity contribution in [1.82, 2.24) is 0 Å². The summed E-state index contributed by atoms with van der Waals surface area (Å²) in [4.78, 5) is 0. The van der Waals surface area contributed by atoms with E-state index in [1.807, 2.05) is 19.1 Å². The van der Waals surface area contributed by atoms with E-state index < -0.39 is 0 Å². The third-order valence-electron chi connectivity index (χ3n) is 10.3. The lowest BCUT2D eigenvalue weighted by Gasteiger charge is -2.38. The van der Waals surface area contributed by atoms with Crippen LogP contribution >= 0.6 is 0 Å². The molecule has 4 rings (SSSR count). The first-order chi connectivity index (χ1) is 19.8. The molecule has 2 aliphatic carbocycles. The van der Waals surface area contributed by atoms with Crippen molar-refractivity contribution >= 4 is 0 Å². The molecule has 0 radical (unpaired) electrons. The number of unbranched alkanes of at least 4 members (excludes halogenated alkanes) is 2. The largest absolute Gasteiger partial charge is 0.508 e. The maximum atomic E-state index is 10.6. The molecule has 0 amide bonds. The van der Waals surface area contributed by atoms with Gasteiger partial charge in [0.25, 0.3) is 0 Å². The zero-order chi connectivity index (χ0) is 31.1. The van der Waals surface area contributed by atoms with Gasteiger partial charge in [-0.05, 0) is 128 Å². The van der Waals surface area contributed by atoms with Crippen molar-refractivity contribution in [2.24, 2.45) is 35.5 Å². The number of phenolic OH excluding ortho intramolecular Hbond substituents is 4. The molecule has 0 heterocycles. The standard InChI is InChI=1S/C21H34O2.C17H26O2/c1-5-6-7-8-16-12-19(22)21(20(23)13-16)18-11-15(4)9-10-17(18)14(2)3;1-10(2)13-6-5-11(3)7-14(13)17-15(18)8-12(4)9-16(17)19/h12-15,17-18,22-23H,5-11H2,1-4H3;8-11,13-14,18-19H,5-7H2,1-4H3/t15-,17+,18-;11-,13+,14-/m10/s1. The van der Waals surface area contributed by atoms with Crippen LogP contribution in [0.3, 0.4) is 0 Å². The second-order valence-electron chi connectivity index (χ2n) is 14.6. The van der Waals surface area contributed by atoms with Gasteiger partial charge >= 0.3 is 0 Å². The molecule has 2 fully saturated rings. The highest BCUT2D eigenvalue weighted by molar-refractivity contribution is 5.50. The van der Waals surface area contributed by atoms with Crippen molar-refractivity contribution in [1.29, 1.82) is 0 Å². The lowest BCUT2D eigenvalue weighted by Crippen LogP contribution is -2.26. The summed E-state index contributed by atoms with van der Waals surface area (Å²) in [6.45, 7) is 17.7. The predicted molar refractivity (Wildman–Crippen MR) is 176 cm³/mol. The van der Waals surface area contributed by atoms with Crippen molar-refractivity contribution in [3.63, 3.8) is 0 Å². The number of rotatable bonds is 8. The fourth-order valence-electron chi connectivity index (χ4n) is 7.99. The van der Waals surface area contributed by atoms with Crippen LogP contribution in [-0.2, 0) is 6.42 Å². The van der Waals surface area contributed by atoms with E-state index in [2.05, 4.69) is 48.5 Å². The van der Waals surface area contributed by atoms with Gasteiger partial charge in [0.1, 0.15) is 23.0 Å². The predicted octanol–water partition coefficient (Wildman–Crippen LogP) is 10.6. The molecule has 0 aromatic heterocycles. The second-order valence-corrected chi connectivity index (χ2v) is 14.6. The number of aromatic hydroxyl groups is 4. The third-order valence-corrected chi connectivity index (χ3v) is 10.3. The molecule has 0 spiro atoms. The van der Waals surface area contributed by atoms with Crippen LogP contribution in [-0.4, -0.2) is 20.4 Å². The summed E-state index contributed by atoms with van der Waals surface area (Å²) in [5, 5.41) is 41.7. The van der Waals surface area contributed by atoms with Crippen molar-refractivity contribution in [3.05, 3.63) is 46.5 Å². The van der Waals surface area contributed by atoms with Gasteiger partial charge in [-0.3, -0.25) is 0 Å². The minimum atomic E-state index is 0.266. The van der Waals surface area contributed by atoms with Crippen LogP contribution in [0.1, 0.15) is 140 Å². The molecule has 2 saturated carbocycles. The lowest BCUT2D eigenvalue weighted by molar-refractivity contribution is 0.191. The van der Waals surface area contributed by atoms with E-state index in [1.54, 1.807) is 12.1 Å². The second kappa shape index (κ2) is 15.4. The first kappa shape index (κ1) is 34.1. The van der Waals surface area contributed by atoms with Gasteiger partial charge in [-0.2, -0.15) is 0 Å². The Morgan fingerprint density at radius 2 is 1.05 bits per heavy atom. The lowest BCUT2D eigenvalue weighted by atomic mass is 9.67. The van der Waals surface area contributed by atoms with E-state index in [9.17, 15) is 20.4 Å². The minimum absolute atomic E-state index is 0.266. The van der Waals surface area contributed by atoms with Crippen LogP contribution in [0, 0.1) is 42.4 Å². The number of aryl methyl sites for hydroxylation is 2. The molecule has 4 heteroatoms. The van der Waals surface area contributed by atoms with Crippen molar-refractivity contribution in [2.75, 3.05) is 0 Å². The normalized spacial score (nSPS) is 26.2. The average molecular weight is 581 g/mol. The van der Waals surface area contributed by atoms with Gasteiger partial charge in [0.2, 0.25) is 0 Å². The van der Waals surface area contributed by atoms with E-state index in [1.165, 1.54) is 38.5 Å². The van der Waals surface area contributed by atoms with Crippen LogP contribution in [0.15, 0.2) is 24.3 Å². The molecular weight excluding hydrogens is 520 g/mol. The molecule has 42 heavy (non-hydrogen) atoms. The Hall–Kier alpha value is -2.36. The van der Waals surface area contributed by atoms with Gasteiger partial charge in [0.15, 0.2) is 0 Å². The van der Waals surface area contributed by atoms with E-state index in [0.29, 0.717) is 47.0 Å². The van der Waals surface area contributed by atoms with Gasteiger partial charge in [-0.15, -0.1) is 0 Å². The van der Waals surface area contributed by atoms with Gasteiger partial charge in [0.05, 0.1) is 0 Å². The third kappa shape index (κ3) is 8.60. The molecule has 2 aliphatic rings. The number of hydrogen-bond donors (Lipinski definition) is 4. The van der Waals surface area contributed by atoms with Crippen LogP contribution in [0.4, 0.5) is 0 Å². The van der Waals surface area contributed by atoms with E-state index in [0.717, 1.165) is 47.9 Å². The summed E-state index contributed by atoms with van der Waals surface area (Å²) in [5.74, 6) is 5.30. The monoisotopic (exact) mass is 580 g/mol. The Morgan fingerprint density at radius 1 is 0.643 bits per heavy atom. The first-order valence-corrected chi connectivity index (χ1v) is 16.9. The van der Waals surface area contributed by atoms with Gasteiger partial charge < -0.3 is 20.4 Å². The quantitative estimate of drug-likeness (QED) is 0.234. The summed E-state index contributed by atoms with van der Waals surface area (Å²) in [6.07, 6.45) is 11.5. The molecule has 4 nitrogen and oxygen atoms in total. The Bertz CT molecular complexity index is 1090. The zero-order valence-electron chi connectivity index (χ0n) is 27.8. The smallest absolute Gasteiger partial charge is 0.123 e. The van der Waals surface area contributed by atoms with Gasteiger partial charge in [-0.25, -0.2) is 0 Å². The molecule has 0 saturated heterocycles. The zero-order valence-corrected chi connectivity index (χ0v) is 27.8. The first-order valence-electron chi connectivity index (χ1n) is 16.9. The van der Waals surface area contributed by atoms with E-state index in [4.69, 9.17) is 0 Å². The molecule has 4 N–H and O–H groups in total. The summed E-state index contributed by atoms with van der Waals surface area (Å²) in [6, 6.07) is 7.32. The van der Waals surface area contributed by atoms with Crippen molar-refractivity contribution < 1.29 is 20.4 Å². The van der Waals surface area contributed by atoms with Crippen LogP contribution in [0.25, 0.3) is 0 Å². The SMILES string of the molecule is CCCCCc1cc(O)c([C@@H]2C[C@H](C)CC[C@H]2C(C)C)c(O)c1.Cc1cc(O)c([C@H]2C[C@@H](C)CC[C@@H]2C(C)C)c(O)c1. The summed E-state index contributed by atoms with van der Waals surface area (Å²) in [5.41, 5.74) is 3.54. The Kier molecular flexibility index (Phi) is 12.5. The molecule has 2 aromatic rings. The number of hydrogen-bond acceptors (Lipinski definition) is 4. The minimum Gasteiger partial charge on any atom is -0.508 e. The highest BCUT2D eigenvalue weighted by atomic mass is 16.3. The van der Waals surface area contributed by atoms with E-state index >= 15 is 0 Å². The number of phenols is 4. The van der Waals surface area contributed by atoms with Crippen molar-refractivity contribution in [3.8, 4) is 23.0 Å². The van der Waals surface area contributed by atoms with Crippen molar-refractivity contribution in [2.45, 2.75) is 131 Å². The Morgan fingerprint density at radius 3 is 1.43 bits per heavy atom. The summed E-state index contributed by atoms with van der Waals surface area (Å²) < 4.78 is 0. The Balaban J connectivity index is 0.000000235. The molecule has 0 unspecified atom stereocenters. The topological polar surface area (TPSA) is 80.9 Å². The molecule has 0 aliphatic heterocycles. The molecular formula is C38H60O4. The number of benzene rings is 2. The fourth-order valence-corrected chi connectivity index (χ4v) is 7.99. The Labute approximate surface area is 256 Å². The van der Waals surface area contributed by atoms with E-state index in [-0.39, 0.29) is 23.3 Å². The molecule has 6 atom stereocenters. The maximum Gasteiger partial charge on any atom is 0.123 e. The summed E-state index contributed by atoms with van der Waals surface area (Å²) in [7, 11) is 0. The highest BCUT2D eigenvalue weighted by Crippen LogP contribution is 2.50. The van der Waals surface area contributed by atoms with Gasteiger partial charge in [0, 0.05) is 11.1 Å². The molecule has 2 aromatic carbocycles.